The van der Waals surface area contributed by atoms with Crippen LogP contribution in [0.4, 0.5) is 5.82 Å². The second-order valence-electron chi connectivity index (χ2n) is 7.50. The van der Waals surface area contributed by atoms with Crippen molar-refractivity contribution >= 4 is 23.3 Å². The van der Waals surface area contributed by atoms with E-state index >= 15 is 0 Å². The van der Waals surface area contributed by atoms with E-state index < -0.39 is 0 Å². The number of imidazole rings is 1. The molecule has 0 aliphatic carbocycles. The third-order valence-corrected chi connectivity index (χ3v) is 5.17. The maximum Gasteiger partial charge on any atom is 0.252 e. The summed E-state index contributed by atoms with van der Waals surface area (Å²) < 4.78 is 12.6. The fourth-order valence-corrected chi connectivity index (χ4v) is 3.41. The predicted octanol–water partition coefficient (Wildman–Crippen LogP) is 3.61. The molecule has 0 aliphatic rings. The number of anilines is 1. The lowest BCUT2D eigenvalue weighted by Crippen LogP contribution is -2.29. The van der Waals surface area contributed by atoms with Gasteiger partial charge in [-0.2, -0.15) is 0 Å². The number of benzene rings is 1. The van der Waals surface area contributed by atoms with E-state index in [4.69, 9.17) is 9.47 Å². The Morgan fingerprint density at radius 1 is 1.12 bits per heavy atom. The van der Waals surface area contributed by atoms with Gasteiger partial charge in [-0.05, 0) is 49.7 Å². The largest absolute Gasteiger partial charge is 0.497 e. The lowest BCUT2D eigenvalue weighted by Gasteiger charge is -2.18. The summed E-state index contributed by atoms with van der Waals surface area (Å²) in [7, 11) is 3.36. The van der Waals surface area contributed by atoms with Crippen molar-refractivity contribution < 1.29 is 19.1 Å². The Balaban J connectivity index is 1.64. The normalized spacial score (nSPS) is 10.8. The Morgan fingerprint density at radius 2 is 1.84 bits per heavy atom. The van der Waals surface area contributed by atoms with Gasteiger partial charge >= 0.3 is 0 Å². The molecule has 32 heavy (non-hydrogen) atoms. The Morgan fingerprint density at radius 3 is 2.53 bits per heavy atom. The molecule has 0 unspecified atom stereocenters. The van der Waals surface area contributed by atoms with Crippen molar-refractivity contribution in [2.45, 2.75) is 33.1 Å². The van der Waals surface area contributed by atoms with Crippen LogP contribution in [0.2, 0.25) is 0 Å². The van der Waals surface area contributed by atoms with Crippen LogP contribution in [0.3, 0.4) is 0 Å². The molecular formula is C24H30N4O4. The summed E-state index contributed by atoms with van der Waals surface area (Å²) >= 11 is 0. The lowest BCUT2D eigenvalue weighted by molar-refractivity contribution is -0.118. The number of methoxy groups -OCH3 is 1. The Labute approximate surface area is 188 Å². The van der Waals surface area contributed by atoms with Gasteiger partial charge in [-0.15, -0.1) is 0 Å². The molecule has 3 aromatic rings. The highest BCUT2D eigenvalue weighted by Gasteiger charge is 2.19. The maximum atomic E-state index is 12.6. The summed E-state index contributed by atoms with van der Waals surface area (Å²) in [5, 5.41) is 2.86. The zero-order valence-corrected chi connectivity index (χ0v) is 19.1. The smallest absolute Gasteiger partial charge is 0.252 e. The molecule has 1 N–H and O–H groups in total. The minimum absolute atomic E-state index is 0.0299. The number of nitrogens with zero attached hydrogens (tertiary/aromatic N) is 3. The molecule has 0 fully saturated rings. The highest BCUT2D eigenvalue weighted by molar-refractivity contribution is 5.95. The first-order valence-corrected chi connectivity index (χ1v) is 10.7. The van der Waals surface area contributed by atoms with Crippen LogP contribution < -0.4 is 19.7 Å². The van der Waals surface area contributed by atoms with Crippen molar-refractivity contribution in [2.75, 3.05) is 32.2 Å². The average molecular weight is 439 g/mol. The molecule has 2 amide bonds. The van der Waals surface area contributed by atoms with Gasteiger partial charge in [-0.3, -0.25) is 18.9 Å². The summed E-state index contributed by atoms with van der Waals surface area (Å²) in [6.45, 7) is 4.61. The molecule has 0 atom stereocenters. The van der Waals surface area contributed by atoms with Crippen molar-refractivity contribution in [3.8, 4) is 11.5 Å². The molecule has 2 heterocycles. The molecule has 0 radical (unpaired) electrons. The number of pyridine rings is 1. The van der Waals surface area contributed by atoms with Crippen LogP contribution in [0, 0.1) is 6.92 Å². The maximum absolute atomic E-state index is 12.6. The van der Waals surface area contributed by atoms with Crippen molar-refractivity contribution in [2.24, 2.45) is 0 Å². The summed E-state index contributed by atoms with van der Waals surface area (Å²) in [4.78, 5) is 31.3. The number of hydrogen-bond acceptors (Lipinski definition) is 5. The second kappa shape index (κ2) is 10.7. The number of carbonyl (C=O) groups excluding carboxylic acids is 2. The summed E-state index contributed by atoms with van der Waals surface area (Å²) in [5.41, 5.74) is 1.91. The zero-order valence-electron chi connectivity index (χ0n) is 19.1. The van der Waals surface area contributed by atoms with Crippen LogP contribution in [0.15, 0.2) is 42.6 Å². The monoisotopic (exact) mass is 438 g/mol. The molecule has 0 bridgehead atoms. The van der Waals surface area contributed by atoms with Crippen molar-refractivity contribution in [3.63, 3.8) is 0 Å². The van der Waals surface area contributed by atoms with E-state index in [1.807, 2.05) is 31.2 Å². The molecular weight excluding hydrogens is 408 g/mol. The van der Waals surface area contributed by atoms with E-state index in [0.717, 1.165) is 24.3 Å². The fraction of sp³-hybridized carbons (Fsp3) is 0.375. The Hall–Kier alpha value is -3.55. The van der Waals surface area contributed by atoms with Gasteiger partial charge in [0, 0.05) is 19.7 Å². The SMILES string of the molecule is CCCCC(=O)N(C)c1c(C)nc2ccc(C(=O)NCCOc3ccc(OC)cc3)cn12. The number of carbonyl (C=O) groups is 2. The molecule has 0 aliphatic heterocycles. The highest BCUT2D eigenvalue weighted by atomic mass is 16.5. The first-order chi connectivity index (χ1) is 15.4. The van der Waals surface area contributed by atoms with Gasteiger partial charge in [0.15, 0.2) is 0 Å². The van der Waals surface area contributed by atoms with Gasteiger partial charge in [-0.25, -0.2) is 4.98 Å². The molecule has 8 nitrogen and oxygen atoms in total. The molecule has 0 spiro atoms. The topological polar surface area (TPSA) is 85.2 Å². The van der Waals surface area contributed by atoms with Gasteiger partial charge in [0.25, 0.3) is 5.91 Å². The van der Waals surface area contributed by atoms with Crippen LogP contribution >= 0.6 is 0 Å². The molecule has 170 valence electrons. The van der Waals surface area contributed by atoms with Gasteiger partial charge in [0.2, 0.25) is 5.91 Å². The summed E-state index contributed by atoms with van der Waals surface area (Å²) in [5.74, 6) is 1.95. The number of fused-ring (bicyclic) bond motifs is 1. The third-order valence-electron chi connectivity index (χ3n) is 5.17. The molecule has 1 aromatic carbocycles. The van der Waals surface area contributed by atoms with Crippen LogP contribution in [0.25, 0.3) is 5.65 Å². The zero-order chi connectivity index (χ0) is 23.1. The van der Waals surface area contributed by atoms with Gasteiger partial charge in [0.05, 0.1) is 24.9 Å². The number of hydrogen-bond donors (Lipinski definition) is 1. The van der Waals surface area contributed by atoms with E-state index in [-0.39, 0.29) is 11.8 Å². The van der Waals surface area contributed by atoms with Crippen molar-refractivity contribution in [1.82, 2.24) is 14.7 Å². The van der Waals surface area contributed by atoms with E-state index in [9.17, 15) is 9.59 Å². The molecule has 2 aromatic heterocycles. The number of aryl methyl sites for hydroxylation is 1. The predicted molar refractivity (Wildman–Crippen MR) is 124 cm³/mol. The standard InChI is InChI=1S/C24H30N4O4/c1-5-6-7-22(29)27(3)24-17(2)26-21-13-8-18(16-28(21)24)23(30)25-14-15-32-20-11-9-19(31-4)10-12-20/h8-13,16H,5-7,14-15H2,1-4H3,(H,25,30). The van der Waals surface area contributed by atoms with E-state index in [2.05, 4.69) is 17.2 Å². The number of ether oxygens (including phenoxy) is 2. The van der Waals surface area contributed by atoms with Gasteiger partial charge in [-0.1, -0.05) is 13.3 Å². The minimum Gasteiger partial charge on any atom is -0.497 e. The van der Waals surface area contributed by atoms with Crippen LogP contribution in [0.5, 0.6) is 11.5 Å². The van der Waals surface area contributed by atoms with Crippen LogP contribution in [-0.4, -0.2) is 48.5 Å². The summed E-state index contributed by atoms with van der Waals surface area (Å²) in [6, 6.07) is 10.8. The number of aromatic nitrogens is 2. The van der Waals surface area contributed by atoms with Gasteiger partial charge < -0.3 is 14.8 Å². The number of unbranched alkanes of at least 4 members (excludes halogenated alkanes) is 1. The molecule has 0 saturated heterocycles. The van der Waals surface area contributed by atoms with Crippen LogP contribution in [-0.2, 0) is 4.79 Å². The summed E-state index contributed by atoms with van der Waals surface area (Å²) in [6.07, 6.45) is 3.99. The lowest BCUT2D eigenvalue weighted by atomic mass is 10.2. The van der Waals surface area contributed by atoms with Crippen molar-refractivity contribution in [3.05, 3.63) is 53.9 Å². The molecule has 8 heteroatoms. The van der Waals surface area contributed by atoms with E-state index in [1.54, 1.807) is 41.8 Å². The van der Waals surface area contributed by atoms with E-state index in [1.165, 1.54) is 0 Å². The quantitative estimate of drug-likeness (QED) is 0.489. The van der Waals surface area contributed by atoms with E-state index in [0.29, 0.717) is 42.4 Å². The van der Waals surface area contributed by atoms with Crippen molar-refractivity contribution in [1.29, 1.82) is 0 Å². The average Bonchev–Trinajstić information content (AvgIpc) is 3.14. The Bertz CT molecular complexity index is 1080. The first kappa shape index (κ1) is 23.1. The molecule has 3 rings (SSSR count). The number of amides is 2. The Kier molecular flexibility index (Phi) is 7.70. The number of nitrogens with one attached hydrogen (secondary N) is 1. The second-order valence-corrected chi connectivity index (χ2v) is 7.50. The van der Waals surface area contributed by atoms with Crippen LogP contribution in [0.1, 0.15) is 42.2 Å². The molecule has 0 saturated carbocycles. The minimum atomic E-state index is -0.220. The third kappa shape index (κ3) is 5.38. The van der Waals surface area contributed by atoms with Gasteiger partial charge in [0.1, 0.15) is 29.6 Å². The fourth-order valence-electron chi connectivity index (χ4n) is 3.41. The first-order valence-electron chi connectivity index (χ1n) is 10.7. The highest BCUT2D eigenvalue weighted by Crippen LogP contribution is 2.23. The number of rotatable bonds is 10.